The molecule has 0 aliphatic rings. The fourth-order valence-corrected chi connectivity index (χ4v) is 3.99. The number of nitrogen functional groups attached to an aromatic ring is 1. The molecular weight excluding hydrogens is 514 g/mol. The maximum atomic E-state index is 13.3. The zero-order valence-electron chi connectivity index (χ0n) is 19.0. The number of carbonyl (C=O) groups excluding carboxylic acids is 1. The predicted molar refractivity (Wildman–Crippen MR) is 128 cm³/mol. The van der Waals surface area contributed by atoms with Gasteiger partial charge in [0.25, 0.3) is 5.56 Å². The summed E-state index contributed by atoms with van der Waals surface area (Å²) in [6.07, 6.45) is -5.36. The van der Waals surface area contributed by atoms with Gasteiger partial charge >= 0.3 is 11.9 Å². The Bertz CT molecular complexity index is 1130. The summed E-state index contributed by atoms with van der Waals surface area (Å²) in [7, 11) is 1.37. The Kier molecular flexibility index (Phi) is 10.2. The molecule has 0 fully saturated rings. The Labute approximate surface area is 209 Å². The first-order valence-corrected chi connectivity index (χ1v) is 11.3. The van der Waals surface area contributed by atoms with Crippen molar-refractivity contribution < 1.29 is 22.7 Å². The summed E-state index contributed by atoms with van der Waals surface area (Å²) in [5, 5.41) is 2.84. The molecule has 9 nitrogen and oxygen atoms in total. The number of alkyl halides is 3. The van der Waals surface area contributed by atoms with Crippen molar-refractivity contribution in [1.82, 2.24) is 14.9 Å². The highest BCUT2D eigenvalue weighted by atomic mass is 35.5. The lowest BCUT2D eigenvalue weighted by molar-refractivity contribution is -0.141. The van der Waals surface area contributed by atoms with E-state index in [0.29, 0.717) is 6.42 Å². The maximum Gasteiger partial charge on any atom is 0.390 e. The number of hydrogen-bond donors (Lipinski definition) is 3. The number of aromatic amines is 1. The molecule has 4 N–H and O–H groups in total. The van der Waals surface area contributed by atoms with E-state index in [1.807, 2.05) is 0 Å². The molecule has 0 aliphatic carbocycles. The van der Waals surface area contributed by atoms with E-state index in [0.717, 1.165) is 9.47 Å². The molecule has 14 heteroatoms. The van der Waals surface area contributed by atoms with Crippen LogP contribution in [0.3, 0.4) is 0 Å². The third kappa shape index (κ3) is 7.99. The van der Waals surface area contributed by atoms with Crippen LogP contribution in [0.25, 0.3) is 0 Å². The number of hydrogen-bond acceptors (Lipinski definition) is 6. The number of halogens is 5. The first-order valence-electron chi connectivity index (χ1n) is 10.6. The summed E-state index contributed by atoms with van der Waals surface area (Å²) in [6, 6.07) is 2.64. The highest BCUT2D eigenvalue weighted by Gasteiger charge is 2.33. The fourth-order valence-electron chi connectivity index (χ4n) is 3.45. The zero-order valence-corrected chi connectivity index (χ0v) is 20.6. The number of anilines is 2. The monoisotopic (exact) mass is 539 g/mol. The smallest absolute Gasteiger partial charge is 0.383 e. The number of carbonyl (C=O) groups is 1. The second-order valence-corrected chi connectivity index (χ2v) is 8.51. The minimum Gasteiger partial charge on any atom is -0.383 e. The number of H-pyrrole nitrogens is 1. The van der Waals surface area contributed by atoms with Crippen LogP contribution in [0, 0.1) is 0 Å². The third-order valence-electron chi connectivity index (χ3n) is 4.97. The lowest BCUT2D eigenvalue weighted by atomic mass is 10.0. The molecule has 0 saturated heterocycles. The molecule has 2 aromatic rings. The number of aromatic nitrogens is 2. The second kappa shape index (κ2) is 12.4. The van der Waals surface area contributed by atoms with E-state index in [2.05, 4.69) is 10.3 Å². The second-order valence-electron chi connectivity index (χ2n) is 7.64. The van der Waals surface area contributed by atoms with E-state index < -0.39 is 42.3 Å². The lowest BCUT2D eigenvalue weighted by Gasteiger charge is -2.26. The highest BCUT2D eigenvalue weighted by Crippen LogP contribution is 2.32. The van der Waals surface area contributed by atoms with Crippen LogP contribution < -0.4 is 27.2 Å². The van der Waals surface area contributed by atoms with Gasteiger partial charge in [0.1, 0.15) is 5.82 Å². The van der Waals surface area contributed by atoms with Crippen molar-refractivity contribution in [3.8, 4) is 0 Å². The Morgan fingerprint density at radius 1 is 1.26 bits per heavy atom. The number of ether oxygens (including phenoxy) is 1. The van der Waals surface area contributed by atoms with Crippen LogP contribution in [-0.2, 0) is 16.1 Å². The predicted octanol–water partition coefficient (Wildman–Crippen LogP) is 3.10. The summed E-state index contributed by atoms with van der Waals surface area (Å²) in [5.41, 5.74) is 4.25. The van der Waals surface area contributed by atoms with Gasteiger partial charge in [-0.15, -0.1) is 0 Å². The van der Waals surface area contributed by atoms with Crippen LogP contribution in [0.15, 0.2) is 27.8 Å². The first kappa shape index (κ1) is 28.7. The van der Waals surface area contributed by atoms with E-state index in [4.69, 9.17) is 33.7 Å². The van der Waals surface area contributed by atoms with E-state index in [9.17, 15) is 27.6 Å². The number of nitrogens with one attached hydrogen (secondary N) is 2. The molecule has 1 aromatic carbocycles. The van der Waals surface area contributed by atoms with Gasteiger partial charge in [-0.05, 0) is 30.2 Å². The molecule has 1 heterocycles. The molecule has 1 aromatic heterocycles. The van der Waals surface area contributed by atoms with Gasteiger partial charge in [0.2, 0.25) is 5.91 Å². The summed E-state index contributed by atoms with van der Waals surface area (Å²) in [4.78, 5) is 40.9. The van der Waals surface area contributed by atoms with Crippen molar-refractivity contribution in [3.05, 3.63) is 54.6 Å². The van der Waals surface area contributed by atoms with Gasteiger partial charge in [0, 0.05) is 36.3 Å². The Morgan fingerprint density at radius 2 is 1.89 bits per heavy atom. The lowest BCUT2D eigenvalue weighted by Crippen LogP contribution is -2.46. The highest BCUT2D eigenvalue weighted by molar-refractivity contribution is 6.34. The Morgan fingerprint density at radius 3 is 2.43 bits per heavy atom. The summed E-state index contributed by atoms with van der Waals surface area (Å²) in [6.45, 7) is 1.23. The normalized spacial score (nSPS) is 12.5. The zero-order chi connectivity index (χ0) is 26.3. The molecule has 0 spiro atoms. The fraction of sp³-hybridized carbons (Fsp3) is 0.476. The van der Waals surface area contributed by atoms with Gasteiger partial charge in [-0.25, -0.2) is 4.79 Å². The first-order chi connectivity index (χ1) is 16.4. The van der Waals surface area contributed by atoms with E-state index in [1.165, 1.54) is 25.3 Å². The molecule has 1 amide bonds. The van der Waals surface area contributed by atoms with Crippen molar-refractivity contribution in [2.45, 2.75) is 38.5 Å². The van der Waals surface area contributed by atoms with Crippen LogP contribution in [0.2, 0.25) is 10.0 Å². The average Bonchev–Trinajstić information content (AvgIpc) is 2.74. The van der Waals surface area contributed by atoms with Crippen LogP contribution in [0.5, 0.6) is 0 Å². The molecule has 0 aliphatic heterocycles. The van der Waals surface area contributed by atoms with Gasteiger partial charge in [-0.2, -0.15) is 13.2 Å². The number of methoxy groups -OCH3 is 1. The van der Waals surface area contributed by atoms with Crippen molar-refractivity contribution in [2.24, 2.45) is 0 Å². The van der Waals surface area contributed by atoms with Crippen LogP contribution in [0.4, 0.5) is 24.7 Å². The van der Waals surface area contributed by atoms with Gasteiger partial charge in [-0.1, -0.05) is 30.1 Å². The maximum absolute atomic E-state index is 13.3. The number of nitrogens with zero attached hydrogens (tertiary/aromatic N) is 2. The number of amides is 1. The van der Waals surface area contributed by atoms with E-state index in [-0.39, 0.29) is 46.8 Å². The van der Waals surface area contributed by atoms with Gasteiger partial charge in [-0.3, -0.25) is 19.1 Å². The summed E-state index contributed by atoms with van der Waals surface area (Å²) < 4.78 is 45.9. The van der Waals surface area contributed by atoms with Crippen LogP contribution in [0.1, 0.15) is 31.4 Å². The quantitative estimate of drug-likeness (QED) is 0.403. The minimum absolute atomic E-state index is 0.00654. The van der Waals surface area contributed by atoms with Crippen molar-refractivity contribution >= 4 is 40.6 Å². The number of nitrogens with two attached hydrogens (primary N) is 1. The molecular formula is C21H26Cl2F3N5O4. The SMILES string of the molecule is CCCn1c(N)c(N(CCOC)C(=O)CNC(CC(F)(F)F)c2cc(Cl)cc(Cl)c2)c(=O)[nH]c1=O. The van der Waals surface area contributed by atoms with Gasteiger partial charge < -0.3 is 20.7 Å². The van der Waals surface area contributed by atoms with E-state index in [1.54, 1.807) is 6.92 Å². The summed E-state index contributed by atoms with van der Waals surface area (Å²) >= 11 is 11.9. The molecule has 0 bridgehead atoms. The Hall–Kier alpha value is -2.54. The third-order valence-corrected chi connectivity index (χ3v) is 5.41. The molecule has 1 unspecified atom stereocenters. The number of rotatable bonds is 11. The average molecular weight is 540 g/mol. The molecule has 0 saturated carbocycles. The molecule has 35 heavy (non-hydrogen) atoms. The standard InChI is InChI=1S/C21H26Cl2F3N5O4/c1-3-4-31-18(27)17(19(33)29-20(31)34)30(5-6-35-2)16(32)11-28-15(10-21(24,25)26)12-7-13(22)9-14(23)8-12/h7-9,15,28H,3-6,10-11,27H2,1-2H3,(H,29,33,34). The van der Waals surface area contributed by atoms with Crippen molar-refractivity contribution in [3.63, 3.8) is 0 Å². The van der Waals surface area contributed by atoms with Crippen LogP contribution in [-0.4, -0.2) is 48.4 Å². The topological polar surface area (TPSA) is 122 Å². The summed E-state index contributed by atoms with van der Waals surface area (Å²) in [5.74, 6) is -1.00. The largest absolute Gasteiger partial charge is 0.390 e. The minimum atomic E-state index is -4.57. The molecule has 0 radical (unpaired) electrons. The molecule has 194 valence electrons. The van der Waals surface area contributed by atoms with Crippen molar-refractivity contribution in [2.75, 3.05) is 37.4 Å². The van der Waals surface area contributed by atoms with Crippen molar-refractivity contribution in [1.29, 1.82) is 0 Å². The van der Waals surface area contributed by atoms with E-state index >= 15 is 0 Å². The molecule has 2 rings (SSSR count). The van der Waals surface area contributed by atoms with Gasteiger partial charge in [0.15, 0.2) is 5.69 Å². The van der Waals surface area contributed by atoms with Crippen LogP contribution >= 0.6 is 23.2 Å². The van der Waals surface area contributed by atoms with Gasteiger partial charge in [0.05, 0.1) is 19.6 Å². The number of benzene rings is 1. The molecule has 1 atom stereocenters. The Balaban J connectivity index is 2.40.